The van der Waals surface area contributed by atoms with E-state index in [9.17, 15) is 13.2 Å². The summed E-state index contributed by atoms with van der Waals surface area (Å²) in [6.07, 6.45) is -3.68. The van der Waals surface area contributed by atoms with Gasteiger partial charge < -0.3 is 5.73 Å². The highest BCUT2D eigenvalue weighted by Gasteiger charge is 2.33. The van der Waals surface area contributed by atoms with Crippen molar-refractivity contribution in [2.45, 2.75) is 12.2 Å². The van der Waals surface area contributed by atoms with E-state index in [1.54, 1.807) is 0 Å². The Morgan fingerprint density at radius 3 is 1.88 bits per heavy atom. The average molecular weight is 125 g/mol. The zero-order chi connectivity index (χ0) is 6.78. The summed E-state index contributed by atoms with van der Waals surface area (Å²) in [5.41, 5.74) is 4.51. The number of halogens is 3. The zero-order valence-corrected chi connectivity index (χ0v) is 4.07. The largest absolute Gasteiger partial charge is 0.407 e. The van der Waals surface area contributed by atoms with E-state index in [0.717, 1.165) is 0 Å². The van der Waals surface area contributed by atoms with Gasteiger partial charge in [-0.05, 0) is 0 Å². The Labute approximate surface area is 45.0 Å². The summed E-state index contributed by atoms with van der Waals surface area (Å²) in [5.74, 6) is 0. The van der Waals surface area contributed by atoms with Gasteiger partial charge >= 0.3 is 6.18 Å². The van der Waals surface area contributed by atoms with Gasteiger partial charge in [-0.25, -0.2) is 0 Å². The van der Waals surface area contributed by atoms with E-state index in [0.29, 0.717) is 6.08 Å². The van der Waals surface area contributed by atoms with Crippen LogP contribution in [0.3, 0.4) is 0 Å². The SMILES string of the molecule is C=C[C@@H](N)C(F)(F)F. The van der Waals surface area contributed by atoms with Crippen molar-refractivity contribution in [1.82, 2.24) is 0 Å². The topological polar surface area (TPSA) is 26.0 Å². The zero-order valence-electron chi connectivity index (χ0n) is 4.07. The molecule has 0 aromatic carbocycles. The fraction of sp³-hybridized carbons (Fsp3) is 0.500. The molecular weight excluding hydrogens is 119 g/mol. The van der Waals surface area contributed by atoms with Gasteiger partial charge in [-0.1, -0.05) is 6.08 Å². The Kier molecular flexibility index (Phi) is 2.03. The highest BCUT2D eigenvalue weighted by molar-refractivity contribution is 4.87. The van der Waals surface area contributed by atoms with Crippen molar-refractivity contribution in [3.05, 3.63) is 12.7 Å². The second kappa shape index (κ2) is 2.17. The molecule has 4 heteroatoms. The molecule has 0 aliphatic heterocycles. The minimum absolute atomic E-state index is 0.653. The summed E-state index contributed by atoms with van der Waals surface area (Å²) >= 11 is 0. The molecule has 1 nitrogen and oxygen atoms in total. The Bertz CT molecular complexity index is 85.8. The van der Waals surface area contributed by atoms with Crippen LogP contribution in [0.5, 0.6) is 0 Å². The highest BCUT2D eigenvalue weighted by atomic mass is 19.4. The van der Waals surface area contributed by atoms with Crippen LogP contribution in [0.4, 0.5) is 13.2 Å². The van der Waals surface area contributed by atoms with E-state index >= 15 is 0 Å². The van der Waals surface area contributed by atoms with Crippen LogP contribution in [-0.2, 0) is 0 Å². The monoisotopic (exact) mass is 125 g/mol. The van der Waals surface area contributed by atoms with Gasteiger partial charge in [0.25, 0.3) is 0 Å². The lowest BCUT2D eigenvalue weighted by Gasteiger charge is -2.09. The van der Waals surface area contributed by atoms with E-state index < -0.39 is 12.2 Å². The first-order valence-corrected chi connectivity index (χ1v) is 1.93. The van der Waals surface area contributed by atoms with Gasteiger partial charge in [0.05, 0.1) is 0 Å². The van der Waals surface area contributed by atoms with Gasteiger partial charge in [0, 0.05) is 0 Å². The molecule has 0 saturated heterocycles. The van der Waals surface area contributed by atoms with Crippen LogP contribution in [0, 0.1) is 0 Å². The number of rotatable bonds is 1. The van der Waals surface area contributed by atoms with E-state index in [4.69, 9.17) is 0 Å². The standard InChI is InChI=1S/C4H6F3N/c1-2-3(8)4(5,6)7/h2-3H,1,8H2/t3-/m1/s1. The van der Waals surface area contributed by atoms with Gasteiger partial charge in [0.2, 0.25) is 0 Å². The van der Waals surface area contributed by atoms with Crippen molar-refractivity contribution in [2.75, 3.05) is 0 Å². The van der Waals surface area contributed by atoms with Crippen LogP contribution in [-0.4, -0.2) is 12.2 Å². The molecule has 0 aromatic heterocycles. The molecule has 2 N–H and O–H groups in total. The van der Waals surface area contributed by atoms with Crippen LogP contribution in [0.15, 0.2) is 12.7 Å². The lowest BCUT2D eigenvalue weighted by atomic mass is 10.3. The lowest BCUT2D eigenvalue weighted by molar-refractivity contribution is -0.136. The van der Waals surface area contributed by atoms with Gasteiger partial charge in [-0.3, -0.25) is 0 Å². The van der Waals surface area contributed by atoms with Gasteiger partial charge in [0.15, 0.2) is 0 Å². The molecule has 0 aromatic rings. The van der Waals surface area contributed by atoms with Crippen LogP contribution in [0.2, 0.25) is 0 Å². The van der Waals surface area contributed by atoms with Crippen molar-refractivity contribution in [3.8, 4) is 0 Å². The van der Waals surface area contributed by atoms with Crippen molar-refractivity contribution < 1.29 is 13.2 Å². The van der Waals surface area contributed by atoms with Crippen LogP contribution >= 0.6 is 0 Å². The van der Waals surface area contributed by atoms with E-state index in [1.165, 1.54) is 0 Å². The molecule has 0 saturated carbocycles. The van der Waals surface area contributed by atoms with Gasteiger partial charge in [-0.15, -0.1) is 6.58 Å². The Morgan fingerprint density at radius 2 is 1.88 bits per heavy atom. The van der Waals surface area contributed by atoms with Gasteiger partial charge in [-0.2, -0.15) is 13.2 Å². The minimum Gasteiger partial charge on any atom is -0.317 e. The number of nitrogens with two attached hydrogens (primary N) is 1. The number of hydrogen-bond acceptors (Lipinski definition) is 1. The minimum atomic E-state index is -4.33. The quantitative estimate of drug-likeness (QED) is 0.521. The first-order chi connectivity index (χ1) is 3.48. The first kappa shape index (κ1) is 7.49. The summed E-state index contributed by atoms with van der Waals surface area (Å²) < 4.78 is 33.8. The van der Waals surface area contributed by atoms with Crippen molar-refractivity contribution in [1.29, 1.82) is 0 Å². The van der Waals surface area contributed by atoms with Crippen LogP contribution < -0.4 is 5.73 Å². The molecule has 0 unspecified atom stereocenters. The van der Waals surface area contributed by atoms with Crippen molar-refractivity contribution in [2.24, 2.45) is 5.73 Å². The molecule has 0 bridgehead atoms. The smallest absolute Gasteiger partial charge is 0.317 e. The molecule has 1 atom stereocenters. The maximum atomic E-state index is 11.3. The molecule has 0 fully saturated rings. The highest BCUT2D eigenvalue weighted by Crippen LogP contribution is 2.18. The summed E-state index contributed by atoms with van der Waals surface area (Å²) in [6, 6.07) is -1.89. The maximum absolute atomic E-state index is 11.3. The Balaban J connectivity index is 3.80. The summed E-state index contributed by atoms with van der Waals surface area (Å²) in [4.78, 5) is 0. The molecular formula is C4H6F3N. The summed E-state index contributed by atoms with van der Waals surface area (Å²) in [6.45, 7) is 2.88. The van der Waals surface area contributed by atoms with Crippen molar-refractivity contribution >= 4 is 0 Å². The molecule has 0 radical (unpaired) electrons. The lowest BCUT2D eigenvalue weighted by Crippen LogP contribution is -2.34. The molecule has 0 aliphatic carbocycles. The van der Waals surface area contributed by atoms with E-state index in [1.807, 2.05) is 0 Å². The fourth-order valence-corrected chi connectivity index (χ4v) is 0.134. The average Bonchev–Trinajstić information content (AvgIpc) is 1.62. The molecule has 0 rings (SSSR count). The van der Waals surface area contributed by atoms with E-state index in [-0.39, 0.29) is 0 Å². The van der Waals surface area contributed by atoms with Crippen molar-refractivity contribution in [3.63, 3.8) is 0 Å². The third kappa shape index (κ3) is 1.97. The normalized spacial score (nSPS) is 15.5. The van der Waals surface area contributed by atoms with Crippen LogP contribution in [0.1, 0.15) is 0 Å². The summed E-state index contributed by atoms with van der Waals surface area (Å²) in [7, 11) is 0. The predicted molar refractivity (Wildman–Crippen MR) is 24.2 cm³/mol. The van der Waals surface area contributed by atoms with Crippen LogP contribution in [0.25, 0.3) is 0 Å². The molecule has 0 spiro atoms. The van der Waals surface area contributed by atoms with Gasteiger partial charge in [0.1, 0.15) is 6.04 Å². The molecule has 8 heavy (non-hydrogen) atoms. The first-order valence-electron chi connectivity index (χ1n) is 1.93. The Hall–Kier alpha value is -0.510. The molecule has 0 aliphatic rings. The third-order valence-corrected chi connectivity index (χ3v) is 0.632. The third-order valence-electron chi connectivity index (χ3n) is 0.632. The van der Waals surface area contributed by atoms with E-state index in [2.05, 4.69) is 12.3 Å². The maximum Gasteiger partial charge on any atom is 0.407 e. The second-order valence-corrected chi connectivity index (χ2v) is 1.30. The fourth-order valence-electron chi connectivity index (χ4n) is 0.134. The predicted octanol–water partition coefficient (Wildman–Crippen LogP) is 1.06. The molecule has 0 amide bonds. The number of hydrogen-bond donors (Lipinski definition) is 1. The number of alkyl halides is 3. The Morgan fingerprint density at radius 1 is 1.50 bits per heavy atom. The summed E-state index contributed by atoms with van der Waals surface area (Å²) in [5, 5.41) is 0. The molecule has 0 heterocycles. The second-order valence-electron chi connectivity index (χ2n) is 1.30. The molecule has 48 valence electrons.